The Hall–Kier alpha value is -1.50. The minimum atomic E-state index is -0.294. The zero-order chi connectivity index (χ0) is 19.0. The molecule has 0 saturated carbocycles. The van der Waals surface area contributed by atoms with Crippen molar-refractivity contribution in [3.05, 3.63) is 23.2 Å². The molecule has 1 N–H and O–H groups in total. The Labute approximate surface area is 176 Å². The van der Waals surface area contributed by atoms with Gasteiger partial charge in [-0.1, -0.05) is 11.6 Å². The Kier molecular flexibility index (Phi) is 6.73. The molecule has 4 rings (SSSR count). The van der Waals surface area contributed by atoms with E-state index in [1.807, 2.05) is 4.90 Å². The Morgan fingerprint density at radius 1 is 1.21 bits per heavy atom. The van der Waals surface area contributed by atoms with Gasteiger partial charge in [-0.15, -0.1) is 12.4 Å². The van der Waals surface area contributed by atoms with Gasteiger partial charge in [0, 0.05) is 31.1 Å². The number of likely N-dealkylation sites (tertiary alicyclic amines) is 1. The lowest BCUT2D eigenvalue weighted by Crippen LogP contribution is -2.38. The zero-order valence-corrected chi connectivity index (χ0v) is 17.6. The monoisotopic (exact) mass is 427 g/mol. The summed E-state index contributed by atoms with van der Waals surface area (Å²) in [5, 5.41) is 4.00. The normalized spacial score (nSPS) is 27.2. The highest BCUT2D eigenvalue weighted by Gasteiger charge is 2.39. The summed E-state index contributed by atoms with van der Waals surface area (Å²) in [6, 6.07) is 5.21. The van der Waals surface area contributed by atoms with Gasteiger partial charge < -0.3 is 19.9 Å². The second-order valence-corrected chi connectivity index (χ2v) is 8.24. The third kappa shape index (κ3) is 4.09. The summed E-state index contributed by atoms with van der Waals surface area (Å²) in [5.41, 5.74) is 0.641. The molecule has 3 heterocycles. The number of nitrogens with zero attached hydrogens (tertiary/aromatic N) is 2. The predicted molar refractivity (Wildman–Crippen MR) is 111 cm³/mol. The quantitative estimate of drug-likeness (QED) is 0.804. The molecule has 3 saturated heterocycles. The van der Waals surface area contributed by atoms with E-state index in [0.717, 1.165) is 39.0 Å². The summed E-state index contributed by atoms with van der Waals surface area (Å²) >= 11 is 6.11. The maximum absolute atomic E-state index is 13.1. The first-order valence-corrected chi connectivity index (χ1v) is 10.1. The predicted octanol–water partition coefficient (Wildman–Crippen LogP) is 2.58. The van der Waals surface area contributed by atoms with E-state index in [1.54, 1.807) is 30.2 Å². The largest absolute Gasteiger partial charge is 0.495 e. The summed E-state index contributed by atoms with van der Waals surface area (Å²) in [4.78, 5) is 29.3. The highest BCUT2D eigenvalue weighted by molar-refractivity contribution is 6.31. The highest BCUT2D eigenvalue weighted by atomic mass is 35.5. The number of methoxy groups -OCH3 is 1. The first-order chi connectivity index (χ1) is 13.1. The van der Waals surface area contributed by atoms with Crippen molar-refractivity contribution in [2.45, 2.75) is 19.3 Å². The van der Waals surface area contributed by atoms with Gasteiger partial charge in [0.2, 0.25) is 11.8 Å². The fourth-order valence-electron chi connectivity index (χ4n) is 4.68. The van der Waals surface area contributed by atoms with Crippen molar-refractivity contribution < 1.29 is 14.3 Å². The number of benzene rings is 1. The van der Waals surface area contributed by atoms with E-state index in [4.69, 9.17) is 16.3 Å². The van der Waals surface area contributed by atoms with Crippen molar-refractivity contribution in [3.63, 3.8) is 0 Å². The molecular weight excluding hydrogens is 401 g/mol. The van der Waals surface area contributed by atoms with Crippen LogP contribution < -0.4 is 15.0 Å². The SMILES string of the molecule is COc1ccc(Cl)cc1N1CC(C(=O)N2CC[C@@H]3CNC[C@@H]3CC2)CC1=O.Cl. The minimum Gasteiger partial charge on any atom is -0.495 e. The van der Waals surface area contributed by atoms with Crippen molar-refractivity contribution in [2.75, 3.05) is 44.7 Å². The van der Waals surface area contributed by atoms with Gasteiger partial charge in [0.15, 0.2) is 0 Å². The maximum Gasteiger partial charge on any atom is 0.228 e. The fraction of sp³-hybridized carbons (Fsp3) is 0.600. The van der Waals surface area contributed by atoms with Crippen LogP contribution in [0.15, 0.2) is 18.2 Å². The van der Waals surface area contributed by atoms with Gasteiger partial charge in [0.05, 0.1) is 18.7 Å². The molecule has 3 aliphatic heterocycles. The number of carbonyl (C=O) groups excluding carboxylic acids is 2. The van der Waals surface area contributed by atoms with Gasteiger partial charge in [0.1, 0.15) is 5.75 Å². The molecule has 0 aromatic heterocycles. The van der Waals surface area contributed by atoms with E-state index in [-0.39, 0.29) is 36.6 Å². The molecule has 0 aliphatic carbocycles. The lowest BCUT2D eigenvalue weighted by molar-refractivity contribution is -0.135. The van der Waals surface area contributed by atoms with Crippen LogP contribution in [0, 0.1) is 17.8 Å². The summed E-state index contributed by atoms with van der Waals surface area (Å²) in [6.07, 6.45) is 2.35. The molecular formula is C20H27Cl2N3O3. The van der Waals surface area contributed by atoms with Crippen LogP contribution in [0.25, 0.3) is 0 Å². The third-order valence-corrected chi connectivity index (χ3v) is 6.47. The molecule has 3 aliphatic rings. The van der Waals surface area contributed by atoms with Crippen molar-refractivity contribution in [1.82, 2.24) is 10.2 Å². The minimum absolute atomic E-state index is 0. The topological polar surface area (TPSA) is 61.9 Å². The van der Waals surface area contributed by atoms with E-state index < -0.39 is 0 Å². The molecule has 1 aromatic carbocycles. The van der Waals surface area contributed by atoms with E-state index >= 15 is 0 Å². The lowest BCUT2D eigenvalue weighted by atomic mass is 9.92. The number of halogens is 2. The second kappa shape index (κ2) is 8.89. The molecule has 154 valence electrons. The zero-order valence-electron chi connectivity index (χ0n) is 16.0. The molecule has 6 nitrogen and oxygen atoms in total. The van der Waals surface area contributed by atoms with Crippen LogP contribution in [0.2, 0.25) is 5.02 Å². The number of hydrogen-bond donors (Lipinski definition) is 1. The number of amides is 2. The maximum atomic E-state index is 13.1. The fourth-order valence-corrected chi connectivity index (χ4v) is 4.84. The van der Waals surface area contributed by atoms with Crippen molar-refractivity contribution in [3.8, 4) is 5.75 Å². The van der Waals surface area contributed by atoms with Gasteiger partial charge >= 0.3 is 0 Å². The van der Waals surface area contributed by atoms with Crippen LogP contribution in [0.1, 0.15) is 19.3 Å². The van der Waals surface area contributed by atoms with E-state index in [9.17, 15) is 9.59 Å². The van der Waals surface area contributed by atoms with Gasteiger partial charge in [-0.25, -0.2) is 0 Å². The Balaban J connectivity index is 0.00000225. The molecule has 3 atom stereocenters. The first-order valence-electron chi connectivity index (χ1n) is 9.70. The van der Waals surface area contributed by atoms with Gasteiger partial charge in [-0.05, 0) is 56.0 Å². The van der Waals surface area contributed by atoms with Crippen LogP contribution in [0.3, 0.4) is 0 Å². The molecule has 8 heteroatoms. The molecule has 1 unspecified atom stereocenters. The van der Waals surface area contributed by atoms with Gasteiger partial charge in [-0.3, -0.25) is 9.59 Å². The summed E-state index contributed by atoms with van der Waals surface area (Å²) in [6.45, 7) is 4.12. The van der Waals surface area contributed by atoms with Gasteiger partial charge in [-0.2, -0.15) is 0 Å². The number of anilines is 1. The molecule has 0 radical (unpaired) electrons. The number of hydrogen-bond acceptors (Lipinski definition) is 4. The standard InChI is InChI=1S/C20H26ClN3O3.ClH/c1-27-18-3-2-16(21)9-17(18)24-12-15(8-19(24)25)20(26)23-6-4-13-10-22-11-14(13)5-7-23;/h2-3,9,13-15,22H,4-8,10-12H2,1H3;1H/t13-,14+,15?;. The average molecular weight is 428 g/mol. The van der Waals surface area contributed by atoms with Crippen LogP contribution in [-0.4, -0.2) is 56.5 Å². The second-order valence-electron chi connectivity index (χ2n) is 7.80. The average Bonchev–Trinajstić information content (AvgIpc) is 3.22. The number of fused-ring (bicyclic) bond motifs is 1. The summed E-state index contributed by atoms with van der Waals surface area (Å²) < 4.78 is 5.38. The Morgan fingerprint density at radius 3 is 2.54 bits per heavy atom. The van der Waals surface area contributed by atoms with Crippen LogP contribution in [0.5, 0.6) is 5.75 Å². The number of ether oxygens (including phenoxy) is 1. The number of nitrogens with one attached hydrogen (secondary N) is 1. The van der Waals surface area contributed by atoms with Gasteiger partial charge in [0.25, 0.3) is 0 Å². The number of rotatable bonds is 3. The van der Waals surface area contributed by atoms with Crippen molar-refractivity contribution >= 4 is 41.5 Å². The van der Waals surface area contributed by atoms with E-state index in [2.05, 4.69) is 5.32 Å². The van der Waals surface area contributed by atoms with E-state index in [0.29, 0.717) is 34.8 Å². The van der Waals surface area contributed by atoms with Crippen LogP contribution in [-0.2, 0) is 9.59 Å². The summed E-state index contributed by atoms with van der Waals surface area (Å²) in [5.74, 6) is 1.72. The molecule has 0 bridgehead atoms. The smallest absolute Gasteiger partial charge is 0.228 e. The van der Waals surface area contributed by atoms with Crippen molar-refractivity contribution in [1.29, 1.82) is 0 Å². The summed E-state index contributed by atoms with van der Waals surface area (Å²) in [7, 11) is 1.57. The number of carbonyl (C=O) groups is 2. The molecule has 1 aromatic rings. The third-order valence-electron chi connectivity index (χ3n) is 6.24. The molecule has 2 amide bonds. The Morgan fingerprint density at radius 2 is 1.89 bits per heavy atom. The lowest BCUT2D eigenvalue weighted by Gasteiger charge is -2.25. The molecule has 0 spiro atoms. The van der Waals surface area contributed by atoms with Crippen LogP contribution in [0.4, 0.5) is 5.69 Å². The van der Waals surface area contributed by atoms with E-state index in [1.165, 1.54) is 0 Å². The Bertz CT molecular complexity index is 731. The molecule has 28 heavy (non-hydrogen) atoms. The first kappa shape index (κ1) is 21.2. The van der Waals surface area contributed by atoms with Crippen molar-refractivity contribution in [2.24, 2.45) is 17.8 Å². The van der Waals surface area contributed by atoms with Crippen LogP contribution >= 0.6 is 24.0 Å². The molecule has 3 fully saturated rings. The highest BCUT2D eigenvalue weighted by Crippen LogP contribution is 2.36.